The Hall–Kier alpha value is -2.55. The highest BCUT2D eigenvalue weighted by Crippen LogP contribution is 2.42. The van der Waals surface area contributed by atoms with Crippen LogP contribution in [0.1, 0.15) is 162 Å². The van der Waals surface area contributed by atoms with Gasteiger partial charge in [0, 0.05) is 19.4 Å². The molecule has 0 aliphatic rings. The molecule has 0 aliphatic carbocycles. The zero-order valence-corrected chi connectivity index (χ0v) is 34.8. The van der Waals surface area contributed by atoms with Crippen molar-refractivity contribution in [2.24, 2.45) is 0 Å². The van der Waals surface area contributed by atoms with Gasteiger partial charge < -0.3 is 20.1 Å². The number of aliphatic hydroxyl groups excluding tert-OH is 1. The number of rotatable bonds is 38. The molecule has 310 valence electrons. The van der Waals surface area contributed by atoms with Crippen LogP contribution in [-0.2, 0) is 27.9 Å². The second-order valence-corrected chi connectivity index (χ2v) is 15.0. The lowest BCUT2D eigenvalue weighted by molar-refractivity contribution is -0.147. The molecule has 0 rings (SSSR count). The summed E-state index contributed by atoms with van der Waals surface area (Å²) in [5, 5.41) is 12.7. The molecule has 0 fully saturated rings. The lowest BCUT2D eigenvalue weighted by Gasteiger charge is -2.15. The molecular formula is C44H76NO8P. The first-order valence-corrected chi connectivity index (χ1v) is 22.4. The van der Waals surface area contributed by atoms with E-state index in [1.165, 1.54) is 70.6 Å². The van der Waals surface area contributed by atoms with E-state index >= 15 is 0 Å². The summed E-state index contributed by atoms with van der Waals surface area (Å²) in [6.07, 6.45) is 48.4. The number of allylic oxidation sites excluding steroid dienone is 12. The van der Waals surface area contributed by atoms with E-state index in [0.29, 0.717) is 12.8 Å². The van der Waals surface area contributed by atoms with Gasteiger partial charge in [-0.3, -0.25) is 18.6 Å². The normalized spacial score (nSPS) is 14.1. The molecule has 0 heterocycles. The van der Waals surface area contributed by atoms with Crippen LogP contribution in [0.4, 0.5) is 0 Å². The van der Waals surface area contributed by atoms with Crippen molar-refractivity contribution in [3.63, 3.8) is 0 Å². The minimum Gasteiger partial charge on any atom is -0.463 e. The number of carbonyl (C=O) groups is 2. The van der Waals surface area contributed by atoms with Gasteiger partial charge in [0.15, 0.2) is 0 Å². The minimum atomic E-state index is -4.43. The molecule has 2 unspecified atom stereocenters. The molecule has 1 amide bonds. The summed E-state index contributed by atoms with van der Waals surface area (Å²) >= 11 is 0. The first-order chi connectivity index (χ1) is 26.3. The van der Waals surface area contributed by atoms with Crippen molar-refractivity contribution in [1.82, 2.24) is 5.32 Å². The number of amides is 1. The molecule has 0 bridgehead atoms. The number of phosphoric acid groups is 1. The van der Waals surface area contributed by atoms with Crippen molar-refractivity contribution in [2.45, 2.75) is 168 Å². The van der Waals surface area contributed by atoms with E-state index in [0.717, 1.165) is 57.8 Å². The van der Waals surface area contributed by atoms with Gasteiger partial charge in [-0.1, -0.05) is 170 Å². The highest BCUT2D eigenvalue weighted by Gasteiger charge is 2.23. The third-order valence-corrected chi connectivity index (χ3v) is 9.40. The van der Waals surface area contributed by atoms with E-state index in [1.807, 2.05) is 12.2 Å². The molecular weight excluding hydrogens is 701 g/mol. The van der Waals surface area contributed by atoms with Gasteiger partial charge >= 0.3 is 13.8 Å². The molecule has 0 aliphatic heterocycles. The zero-order valence-electron chi connectivity index (χ0n) is 33.9. The molecule has 2 atom stereocenters. The maximum Gasteiger partial charge on any atom is 0.472 e. The van der Waals surface area contributed by atoms with Crippen LogP contribution in [-0.4, -0.2) is 54.3 Å². The molecule has 9 nitrogen and oxygen atoms in total. The lowest BCUT2D eigenvalue weighted by Crippen LogP contribution is -2.27. The Labute approximate surface area is 329 Å². The largest absolute Gasteiger partial charge is 0.472 e. The number of hydrogen-bond acceptors (Lipinski definition) is 7. The predicted molar refractivity (Wildman–Crippen MR) is 224 cm³/mol. The van der Waals surface area contributed by atoms with Crippen molar-refractivity contribution in [3.8, 4) is 0 Å². The Bertz CT molecular complexity index is 1110. The fourth-order valence-corrected chi connectivity index (χ4v) is 6.04. The number of unbranched alkanes of at least 4 members (excludes halogenated alkanes) is 13. The predicted octanol–water partition coefficient (Wildman–Crippen LogP) is 11.5. The average Bonchev–Trinajstić information content (AvgIpc) is 3.16. The van der Waals surface area contributed by atoms with Crippen molar-refractivity contribution < 1.29 is 37.9 Å². The summed E-state index contributed by atoms with van der Waals surface area (Å²) < 4.78 is 26.8. The fourth-order valence-electron chi connectivity index (χ4n) is 5.29. The highest BCUT2D eigenvalue weighted by molar-refractivity contribution is 7.47. The molecule has 0 aromatic carbocycles. The summed E-state index contributed by atoms with van der Waals surface area (Å²) in [5.41, 5.74) is 0. The Morgan fingerprint density at radius 1 is 0.593 bits per heavy atom. The summed E-state index contributed by atoms with van der Waals surface area (Å²) in [5.74, 6) is -0.605. The van der Waals surface area contributed by atoms with Crippen LogP contribution < -0.4 is 5.32 Å². The van der Waals surface area contributed by atoms with Crippen LogP contribution >= 0.6 is 7.82 Å². The zero-order chi connectivity index (χ0) is 39.6. The second kappa shape index (κ2) is 40.1. The molecule has 0 aromatic rings. The Morgan fingerprint density at radius 2 is 1.04 bits per heavy atom. The van der Waals surface area contributed by atoms with Gasteiger partial charge in [0.25, 0.3) is 0 Å². The number of aliphatic hydroxyl groups is 1. The standard InChI is InChI=1S/C44H76NO8P/c1-3-5-7-9-11-13-15-17-19-20-21-22-23-25-27-29-31-33-35-37-44(48)51-40-42(46)41-53-54(49,50)52-39-38-45-43(47)36-34-32-30-28-26-24-18-16-14-12-10-8-6-4-2/h5,7,11,13,17,19,21-22,25,27,31,33,42,46H,3-4,6,8-10,12,14-16,18,20,23-24,26,28-30,32,34-41H2,1-2H3,(H,45,47)(H,49,50)/b7-5-,13-11-,19-17-,22-21-,27-25-,33-31-. The number of carbonyl (C=O) groups excluding carboxylic acids is 2. The van der Waals surface area contributed by atoms with Crippen LogP contribution in [0.5, 0.6) is 0 Å². The molecule has 54 heavy (non-hydrogen) atoms. The first-order valence-electron chi connectivity index (χ1n) is 20.9. The molecule has 0 aromatic heterocycles. The van der Waals surface area contributed by atoms with Crippen molar-refractivity contribution in [2.75, 3.05) is 26.4 Å². The van der Waals surface area contributed by atoms with Crippen molar-refractivity contribution in [1.29, 1.82) is 0 Å². The van der Waals surface area contributed by atoms with Crippen molar-refractivity contribution >= 4 is 19.7 Å². The third kappa shape index (κ3) is 40.6. The van der Waals surface area contributed by atoms with Gasteiger partial charge in [0.05, 0.1) is 13.2 Å². The van der Waals surface area contributed by atoms with Crippen LogP contribution in [0.15, 0.2) is 72.9 Å². The fraction of sp³-hybridized carbons (Fsp3) is 0.682. The van der Waals surface area contributed by atoms with Crippen LogP contribution in [0, 0.1) is 0 Å². The van der Waals surface area contributed by atoms with E-state index in [-0.39, 0.29) is 32.1 Å². The van der Waals surface area contributed by atoms with E-state index in [4.69, 9.17) is 13.8 Å². The van der Waals surface area contributed by atoms with Crippen LogP contribution in [0.3, 0.4) is 0 Å². The molecule has 3 N–H and O–H groups in total. The van der Waals surface area contributed by atoms with Gasteiger partial charge in [0.2, 0.25) is 5.91 Å². The number of nitrogens with one attached hydrogen (secondary N) is 1. The monoisotopic (exact) mass is 778 g/mol. The minimum absolute atomic E-state index is 0.0717. The van der Waals surface area contributed by atoms with E-state index in [9.17, 15) is 24.2 Å². The SMILES string of the molecule is CC/C=C\C/C=C\C/C=C\C/C=C\C/C=C\C/C=C\CCC(=O)OCC(O)COP(=O)(O)OCCNC(=O)CCCCCCCCCCCCCCCC. The Balaban J connectivity index is 3.73. The molecule has 0 spiro atoms. The highest BCUT2D eigenvalue weighted by atomic mass is 31.2. The number of phosphoric ester groups is 1. The van der Waals surface area contributed by atoms with E-state index in [1.54, 1.807) is 0 Å². The Morgan fingerprint density at radius 3 is 1.52 bits per heavy atom. The van der Waals surface area contributed by atoms with E-state index in [2.05, 4.69) is 79.9 Å². The maximum absolute atomic E-state index is 12.1. The number of ether oxygens (including phenoxy) is 1. The van der Waals surface area contributed by atoms with Crippen LogP contribution in [0.2, 0.25) is 0 Å². The molecule has 0 radical (unpaired) electrons. The van der Waals surface area contributed by atoms with Gasteiger partial charge in [-0.2, -0.15) is 0 Å². The van der Waals surface area contributed by atoms with Gasteiger partial charge in [-0.05, 0) is 51.4 Å². The van der Waals surface area contributed by atoms with Gasteiger partial charge in [-0.25, -0.2) is 4.57 Å². The van der Waals surface area contributed by atoms with Gasteiger partial charge in [-0.15, -0.1) is 0 Å². The first kappa shape index (κ1) is 51.5. The average molecular weight is 778 g/mol. The summed E-state index contributed by atoms with van der Waals surface area (Å²) in [6, 6.07) is 0. The molecule has 10 heteroatoms. The third-order valence-electron chi connectivity index (χ3n) is 8.41. The molecule has 0 saturated carbocycles. The Kier molecular flexibility index (Phi) is 38.2. The van der Waals surface area contributed by atoms with Gasteiger partial charge in [0.1, 0.15) is 12.7 Å². The lowest BCUT2D eigenvalue weighted by atomic mass is 10.0. The maximum atomic E-state index is 12.1. The molecule has 0 saturated heterocycles. The summed E-state index contributed by atoms with van der Waals surface area (Å²) in [4.78, 5) is 33.8. The summed E-state index contributed by atoms with van der Waals surface area (Å²) in [7, 11) is -4.43. The summed E-state index contributed by atoms with van der Waals surface area (Å²) in [6.45, 7) is 3.34. The second-order valence-electron chi connectivity index (χ2n) is 13.6. The number of hydrogen-bond donors (Lipinski definition) is 3. The van der Waals surface area contributed by atoms with E-state index < -0.39 is 26.5 Å². The van der Waals surface area contributed by atoms with Crippen molar-refractivity contribution in [3.05, 3.63) is 72.9 Å². The topological polar surface area (TPSA) is 131 Å². The van der Waals surface area contributed by atoms with Crippen LogP contribution in [0.25, 0.3) is 0 Å². The number of esters is 1. The smallest absolute Gasteiger partial charge is 0.463 e. The quantitative estimate of drug-likeness (QED) is 0.0244.